The summed E-state index contributed by atoms with van der Waals surface area (Å²) in [5.41, 5.74) is 3.58. The number of benzene rings is 4. The molecule has 0 aliphatic rings. The van der Waals surface area contributed by atoms with Crippen LogP contribution in [0.25, 0.3) is 0 Å². The molecule has 4 aromatic rings. The van der Waals surface area contributed by atoms with Crippen molar-refractivity contribution in [3.8, 4) is 0 Å². The van der Waals surface area contributed by atoms with Gasteiger partial charge in [-0.05, 0) is 73.4 Å². The van der Waals surface area contributed by atoms with Crippen LogP contribution in [0.15, 0.2) is 106 Å². The van der Waals surface area contributed by atoms with E-state index in [4.69, 9.17) is 11.6 Å². The Labute approximate surface area is 285 Å². The van der Waals surface area contributed by atoms with E-state index in [0.29, 0.717) is 11.6 Å². The van der Waals surface area contributed by atoms with Crippen LogP contribution < -0.4 is 9.62 Å². The first-order valence-corrected chi connectivity index (χ1v) is 17.8. The number of hydrogen-bond donors (Lipinski definition) is 1. The number of aryl methyl sites for hydroxylation is 2. The average molecular weight is 725 g/mol. The number of sulfonamides is 1. The van der Waals surface area contributed by atoms with Gasteiger partial charge in [-0.25, -0.2) is 8.42 Å². The minimum Gasteiger partial charge on any atom is -0.354 e. The van der Waals surface area contributed by atoms with Crippen LogP contribution in [0, 0.1) is 13.8 Å². The second-order valence-corrected chi connectivity index (χ2v) is 14.4. The van der Waals surface area contributed by atoms with Gasteiger partial charge in [0.25, 0.3) is 10.0 Å². The molecule has 7 nitrogen and oxygen atoms in total. The van der Waals surface area contributed by atoms with E-state index in [-0.39, 0.29) is 29.5 Å². The van der Waals surface area contributed by atoms with E-state index in [2.05, 4.69) is 21.2 Å². The summed E-state index contributed by atoms with van der Waals surface area (Å²) in [6.07, 6.45) is 1.94. The SMILES string of the molecule is CCCCNC(=O)[C@H](Cc1ccccc1)N(Cc1cccc(Br)c1)C(=O)CN(c1ccc(C)c(Cl)c1)S(=O)(=O)c1ccc(C)cc1. The molecule has 46 heavy (non-hydrogen) atoms. The van der Waals surface area contributed by atoms with Crippen LogP contribution in [-0.4, -0.2) is 44.3 Å². The molecule has 0 fully saturated rings. The lowest BCUT2D eigenvalue weighted by atomic mass is 10.0. The van der Waals surface area contributed by atoms with E-state index in [1.165, 1.54) is 17.0 Å². The number of carbonyl (C=O) groups excluding carboxylic acids is 2. The van der Waals surface area contributed by atoms with Crippen molar-refractivity contribution < 1.29 is 18.0 Å². The summed E-state index contributed by atoms with van der Waals surface area (Å²) in [4.78, 5) is 29.9. The van der Waals surface area contributed by atoms with Crippen LogP contribution in [0.5, 0.6) is 0 Å². The molecule has 10 heteroatoms. The lowest BCUT2D eigenvalue weighted by Crippen LogP contribution is -2.53. The van der Waals surface area contributed by atoms with Crippen LogP contribution >= 0.6 is 27.5 Å². The molecule has 0 unspecified atom stereocenters. The van der Waals surface area contributed by atoms with E-state index in [1.807, 2.05) is 75.4 Å². The van der Waals surface area contributed by atoms with Crippen molar-refractivity contribution in [2.24, 2.45) is 0 Å². The highest BCUT2D eigenvalue weighted by molar-refractivity contribution is 9.10. The minimum absolute atomic E-state index is 0.0410. The number of carbonyl (C=O) groups is 2. The quantitative estimate of drug-likeness (QED) is 0.137. The molecule has 0 aliphatic heterocycles. The van der Waals surface area contributed by atoms with Gasteiger partial charge in [-0.1, -0.05) is 107 Å². The van der Waals surface area contributed by atoms with Gasteiger partial charge in [-0.3, -0.25) is 13.9 Å². The van der Waals surface area contributed by atoms with Crippen LogP contribution in [0.4, 0.5) is 5.69 Å². The molecule has 0 bridgehead atoms. The fourth-order valence-electron chi connectivity index (χ4n) is 5.00. The summed E-state index contributed by atoms with van der Waals surface area (Å²) in [6.45, 7) is 5.74. The van der Waals surface area contributed by atoms with Gasteiger partial charge in [0, 0.05) is 29.0 Å². The Morgan fingerprint density at radius 2 is 1.59 bits per heavy atom. The van der Waals surface area contributed by atoms with Gasteiger partial charge in [0.2, 0.25) is 11.8 Å². The first kappa shape index (κ1) is 35.2. The molecule has 1 atom stereocenters. The van der Waals surface area contributed by atoms with Gasteiger partial charge in [0.05, 0.1) is 10.6 Å². The molecule has 1 N–H and O–H groups in total. The fourth-order valence-corrected chi connectivity index (χ4v) is 7.02. The lowest BCUT2D eigenvalue weighted by Gasteiger charge is -2.34. The van der Waals surface area contributed by atoms with E-state index in [9.17, 15) is 18.0 Å². The molecule has 2 amide bonds. The Hall–Kier alpha value is -3.66. The Kier molecular flexibility index (Phi) is 12.4. The van der Waals surface area contributed by atoms with Crippen LogP contribution in [0.1, 0.15) is 42.0 Å². The third kappa shape index (κ3) is 9.21. The third-order valence-corrected chi connectivity index (χ3v) is 10.4. The zero-order chi connectivity index (χ0) is 33.3. The van der Waals surface area contributed by atoms with Gasteiger partial charge in [0.15, 0.2) is 0 Å². The Balaban J connectivity index is 1.81. The number of amides is 2. The number of rotatable bonds is 14. The Morgan fingerprint density at radius 3 is 2.24 bits per heavy atom. The third-order valence-electron chi connectivity index (χ3n) is 7.67. The molecular weight excluding hydrogens is 686 g/mol. The van der Waals surface area contributed by atoms with Crippen molar-refractivity contribution in [3.63, 3.8) is 0 Å². The number of unbranched alkanes of at least 4 members (excludes halogenated alkanes) is 1. The summed E-state index contributed by atoms with van der Waals surface area (Å²) >= 11 is 9.97. The number of anilines is 1. The van der Waals surface area contributed by atoms with Crippen molar-refractivity contribution in [1.29, 1.82) is 0 Å². The summed E-state index contributed by atoms with van der Waals surface area (Å²) in [5, 5.41) is 3.38. The van der Waals surface area contributed by atoms with E-state index >= 15 is 0 Å². The molecule has 0 saturated heterocycles. The first-order chi connectivity index (χ1) is 22.0. The molecule has 0 aromatic heterocycles. The maximum absolute atomic E-state index is 14.6. The molecule has 242 valence electrons. The maximum Gasteiger partial charge on any atom is 0.264 e. The predicted octanol–water partition coefficient (Wildman–Crippen LogP) is 7.47. The number of nitrogens with zero attached hydrogens (tertiary/aromatic N) is 2. The lowest BCUT2D eigenvalue weighted by molar-refractivity contribution is -0.140. The van der Waals surface area contributed by atoms with Crippen molar-refractivity contribution >= 4 is 55.1 Å². The molecule has 0 spiro atoms. The normalized spacial score (nSPS) is 11.9. The molecular formula is C36H39BrClN3O4S. The van der Waals surface area contributed by atoms with Crippen molar-refractivity contribution in [2.75, 3.05) is 17.4 Å². The minimum atomic E-state index is -4.21. The Morgan fingerprint density at radius 1 is 0.891 bits per heavy atom. The van der Waals surface area contributed by atoms with Gasteiger partial charge in [0.1, 0.15) is 12.6 Å². The van der Waals surface area contributed by atoms with Crippen molar-refractivity contribution in [3.05, 3.63) is 129 Å². The highest BCUT2D eigenvalue weighted by Gasteiger charge is 2.34. The number of halogens is 2. The zero-order valence-corrected chi connectivity index (χ0v) is 29.4. The largest absolute Gasteiger partial charge is 0.354 e. The molecule has 0 radical (unpaired) electrons. The van der Waals surface area contributed by atoms with E-state index in [1.54, 1.807) is 30.3 Å². The van der Waals surface area contributed by atoms with Crippen LogP contribution in [-0.2, 0) is 32.6 Å². The summed E-state index contributed by atoms with van der Waals surface area (Å²) < 4.78 is 30.3. The molecule has 0 aliphatic carbocycles. The van der Waals surface area contributed by atoms with Gasteiger partial charge < -0.3 is 10.2 Å². The van der Waals surface area contributed by atoms with Crippen LogP contribution in [0.2, 0.25) is 5.02 Å². The van der Waals surface area contributed by atoms with Crippen LogP contribution in [0.3, 0.4) is 0 Å². The van der Waals surface area contributed by atoms with Gasteiger partial charge in [-0.2, -0.15) is 0 Å². The van der Waals surface area contributed by atoms with Gasteiger partial charge in [-0.15, -0.1) is 0 Å². The second-order valence-electron chi connectivity index (χ2n) is 11.3. The summed E-state index contributed by atoms with van der Waals surface area (Å²) in [7, 11) is -4.21. The van der Waals surface area contributed by atoms with Crippen molar-refractivity contribution in [1.82, 2.24) is 10.2 Å². The van der Waals surface area contributed by atoms with Gasteiger partial charge >= 0.3 is 0 Å². The van der Waals surface area contributed by atoms with E-state index in [0.717, 1.165) is 43.9 Å². The molecule has 0 saturated carbocycles. The number of nitrogens with one attached hydrogen (secondary N) is 1. The van der Waals surface area contributed by atoms with E-state index < -0.39 is 28.5 Å². The fraction of sp³-hybridized carbons (Fsp3) is 0.278. The molecule has 0 heterocycles. The first-order valence-electron chi connectivity index (χ1n) is 15.2. The zero-order valence-electron chi connectivity index (χ0n) is 26.2. The summed E-state index contributed by atoms with van der Waals surface area (Å²) in [5.74, 6) is -0.828. The molecule has 4 rings (SSSR count). The monoisotopic (exact) mass is 723 g/mol. The maximum atomic E-state index is 14.6. The predicted molar refractivity (Wildman–Crippen MR) is 188 cm³/mol. The topological polar surface area (TPSA) is 86.8 Å². The summed E-state index contributed by atoms with van der Waals surface area (Å²) in [6, 6.07) is 27.5. The Bertz CT molecular complexity index is 1750. The van der Waals surface area contributed by atoms with Crippen molar-refractivity contribution in [2.45, 2.75) is 57.5 Å². The second kappa shape index (κ2) is 16.3. The smallest absolute Gasteiger partial charge is 0.264 e. The molecule has 4 aromatic carbocycles. The highest BCUT2D eigenvalue weighted by Crippen LogP contribution is 2.29. The number of hydrogen-bond acceptors (Lipinski definition) is 4. The average Bonchev–Trinajstić information content (AvgIpc) is 3.03. The highest BCUT2D eigenvalue weighted by atomic mass is 79.9. The standard InChI is InChI=1S/C36H39BrClN3O4S/c1-4-5-20-39-36(43)34(22-28-10-7-6-8-11-28)40(24-29-12-9-13-30(37)21-29)35(42)25-41(31-17-16-27(3)33(38)23-31)46(44,45)32-18-14-26(2)15-19-32/h6-19,21,23,34H,4-5,20,22,24-25H2,1-3H3,(H,39,43)/t34-/m0/s1.